The van der Waals surface area contributed by atoms with Crippen molar-refractivity contribution in [3.05, 3.63) is 23.5 Å². The lowest BCUT2D eigenvalue weighted by Gasteiger charge is -2.35. The molecule has 0 bridgehead atoms. The lowest BCUT2D eigenvalue weighted by Crippen LogP contribution is -2.37. The predicted octanol–water partition coefficient (Wildman–Crippen LogP) is 1.17. The Kier molecular flexibility index (Phi) is 4.81. The Morgan fingerprint density at radius 1 is 1.41 bits per heavy atom. The van der Waals surface area contributed by atoms with Crippen molar-refractivity contribution >= 4 is 32.5 Å². The Hall–Kier alpha value is -2.13. The maximum absolute atomic E-state index is 12.0. The van der Waals surface area contributed by atoms with Crippen LogP contribution in [0.25, 0.3) is 5.65 Å². The molecule has 9 heteroatoms. The highest BCUT2D eigenvalue weighted by molar-refractivity contribution is 6.56. The molecule has 0 saturated carbocycles. The van der Waals surface area contributed by atoms with Crippen molar-refractivity contribution in [1.29, 1.82) is 5.26 Å². The van der Waals surface area contributed by atoms with Crippen LogP contribution in [-0.2, 0) is 0 Å². The lowest BCUT2D eigenvalue weighted by molar-refractivity contribution is 0.170. The summed E-state index contributed by atoms with van der Waals surface area (Å²) < 4.78 is 1.75. The van der Waals surface area contributed by atoms with E-state index in [9.17, 15) is 9.90 Å². The molecule has 4 heterocycles. The van der Waals surface area contributed by atoms with Gasteiger partial charge in [0, 0.05) is 37.5 Å². The summed E-state index contributed by atoms with van der Waals surface area (Å²) in [6.07, 6.45) is 4.26. The molecule has 2 saturated heterocycles. The third-order valence-electron chi connectivity index (χ3n) is 5.51. The largest absolute Gasteiger partial charge is 0.390 e. The monoisotopic (exact) mass is 380 g/mol. The van der Waals surface area contributed by atoms with Gasteiger partial charge in [0.05, 0.1) is 34.6 Å². The SMILES string of the molecule is Cc1cn2nc([C@@H]3CCCCN3[C](=O)[Al])cc2nc1N1C[C@@H](O)[C@@H](C#N)C1. The molecule has 4 rings (SSSR count). The van der Waals surface area contributed by atoms with Gasteiger partial charge in [0.1, 0.15) is 5.82 Å². The lowest BCUT2D eigenvalue weighted by atomic mass is 10.0. The third-order valence-corrected chi connectivity index (χ3v) is 5.84. The minimum Gasteiger partial charge on any atom is -0.390 e. The zero-order chi connectivity index (χ0) is 19.1. The molecule has 2 fully saturated rings. The quantitative estimate of drug-likeness (QED) is 0.786. The molecule has 2 aliphatic heterocycles. The first kappa shape index (κ1) is 18.2. The van der Waals surface area contributed by atoms with E-state index in [-0.39, 0.29) is 10.8 Å². The number of fused-ring (bicyclic) bond motifs is 1. The Bertz CT molecular complexity index is 922. The molecule has 0 spiro atoms. The van der Waals surface area contributed by atoms with Crippen molar-refractivity contribution in [3.63, 3.8) is 0 Å². The molecule has 2 aliphatic rings. The first-order chi connectivity index (χ1) is 13.0. The van der Waals surface area contributed by atoms with E-state index < -0.39 is 12.0 Å². The van der Waals surface area contributed by atoms with Gasteiger partial charge in [-0.15, -0.1) is 0 Å². The fraction of sp³-hybridized carbons (Fsp3) is 0.556. The number of hydrogen-bond donors (Lipinski definition) is 1. The molecule has 138 valence electrons. The van der Waals surface area contributed by atoms with Gasteiger partial charge in [-0.05, 0) is 26.2 Å². The summed E-state index contributed by atoms with van der Waals surface area (Å²) in [6.45, 7) is 3.58. The summed E-state index contributed by atoms with van der Waals surface area (Å²) in [6, 6.07) is 4.07. The number of likely N-dealkylation sites (tertiary alicyclic amines) is 1. The van der Waals surface area contributed by atoms with Gasteiger partial charge in [-0.25, -0.2) is 9.50 Å². The molecule has 0 aliphatic carbocycles. The average Bonchev–Trinajstić information content (AvgIpc) is 3.23. The normalized spacial score (nSPS) is 25.7. The first-order valence-corrected chi connectivity index (χ1v) is 9.81. The van der Waals surface area contributed by atoms with Gasteiger partial charge >= 0.3 is 0 Å². The van der Waals surface area contributed by atoms with E-state index in [0.29, 0.717) is 18.7 Å². The summed E-state index contributed by atoms with van der Waals surface area (Å²) in [5.74, 6) is 0.375. The van der Waals surface area contributed by atoms with Crippen LogP contribution >= 0.6 is 0 Å². The zero-order valence-corrected chi connectivity index (χ0v) is 16.4. The second-order valence-electron chi connectivity index (χ2n) is 7.37. The number of β-amino-alcohol motifs (C(OH)–C–C–N with tert-alkyl or cyclic N) is 1. The molecule has 1 N–H and O–H groups in total. The number of hydrogen-bond acceptors (Lipinski definition) is 6. The smallest absolute Gasteiger partial charge is 0.281 e. The molecular weight excluding hydrogens is 359 g/mol. The summed E-state index contributed by atoms with van der Waals surface area (Å²) in [4.78, 5) is 20.5. The number of rotatable bonds is 2. The number of nitriles is 1. The van der Waals surface area contributed by atoms with Crippen molar-refractivity contribution in [2.75, 3.05) is 24.5 Å². The van der Waals surface area contributed by atoms with Gasteiger partial charge in [0.15, 0.2) is 5.65 Å². The third kappa shape index (κ3) is 3.30. The van der Waals surface area contributed by atoms with E-state index in [4.69, 9.17) is 10.2 Å². The molecule has 0 aromatic carbocycles. The molecule has 0 unspecified atom stereocenters. The maximum Gasteiger partial charge on any atom is 0.281 e. The molecule has 8 nitrogen and oxygen atoms in total. The molecule has 2 aromatic heterocycles. The second kappa shape index (κ2) is 7.12. The Morgan fingerprint density at radius 2 is 2.22 bits per heavy atom. The van der Waals surface area contributed by atoms with E-state index in [2.05, 4.69) is 27.5 Å². The van der Waals surface area contributed by atoms with Crippen molar-refractivity contribution in [1.82, 2.24) is 19.5 Å². The molecule has 3 atom stereocenters. The van der Waals surface area contributed by atoms with E-state index in [1.165, 1.54) is 0 Å². The van der Waals surface area contributed by atoms with Gasteiger partial charge in [0.25, 0.3) is 16.3 Å². The van der Waals surface area contributed by atoms with Gasteiger partial charge in [-0.3, -0.25) is 0 Å². The fourth-order valence-corrected chi connectivity index (χ4v) is 4.40. The van der Waals surface area contributed by atoms with Crippen molar-refractivity contribution in [2.45, 2.75) is 38.3 Å². The number of amides is 1. The van der Waals surface area contributed by atoms with Crippen LogP contribution in [0, 0.1) is 24.2 Å². The van der Waals surface area contributed by atoms with E-state index in [0.717, 1.165) is 42.9 Å². The van der Waals surface area contributed by atoms with Gasteiger partial charge < -0.3 is 19.7 Å². The highest BCUT2D eigenvalue weighted by Crippen LogP contribution is 2.31. The van der Waals surface area contributed by atoms with Crippen LogP contribution in [0.5, 0.6) is 0 Å². The number of nitrogens with zero attached hydrogens (tertiary/aromatic N) is 6. The van der Waals surface area contributed by atoms with Gasteiger partial charge in [-0.2, -0.15) is 10.4 Å². The highest BCUT2D eigenvalue weighted by atomic mass is 27.0. The van der Waals surface area contributed by atoms with Crippen LogP contribution in [0.2, 0.25) is 0 Å². The number of carbonyl (C=O) groups is 1. The van der Waals surface area contributed by atoms with Crippen LogP contribution in [0.3, 0.4) is 0 Å². The summed E-state index contributed by atoms with van der Waals surface area (Å²) in [7, 11) is 0. The predicted molar refractivity (Wildman–Crippen MR) is 99.5 cm³/mol. The van der Waals surface area contributed by atoms with Crippen LogP contribution in [0.1, 0.15) is 36.6 Å². The average molecular weight is 380 g/mol. The number of aliphatic hydroxyl groups excluding tert-OH is 1. The molecule has 27 heavy (non-hydrogen) atoms. The van der Waals surface area contributed by atoms with Crippen LogP contribution in [0.15, 0.2) is 12.3 Å². The second-order valence-corrected chi connectivity index (χ2v) is 7.86. The van der Waals surface area contributed by atoms with E-state index >= 15 is 0 Å². The fourth-order valence-electron chi connectivity index (χ4n) is 4.09. The van der Waals surface area contributed by atoms with E-state index in [1.54, 1.807) is 4.52 Å². The van der Waals surface area contributed by atoms with Crippen LogP contribution in [-0.4, -0.2) is 71.4 Å². The number of anilines is 1. The number of aryl methyl sites for hydroxylation is 1. The Balaban J connectivity index is 1.67. The molecule has 1 amide bonds. The standard InChI is InChI=1S/C18H21N6O2.Al/c1-12-8-24-17(20-18(12)23-9-13(7-19)16(26)10-23)6-14(21-24)15-4-2-3-5-22(15)11-25;/h6,8,13,15-16,26H,2-5,9-10H2,1H3;/t13-,15-,16+;/m0./s1. The number of aromatic nitrogens is 3. The van der Waals surface area contributed by atoms with Crippen LogP contribution in [0.4, 0.5) is 10.6 Å². The first-order valence-electron chi connectivity index (χ1n) is 9.23. The van der Waals surface area contributed by atoms with Crippen molar-refractivity contribution < 1.29 is 9.90 Å². The number of carbonyl (C=O) groups excluding carboxylic acids is 1. The van der Waals surface area contributed by atoms with Crippen LogP contribution < -0.4 is 4.90 Å². The summed E-state index contributed by atoms with van der Waals surface area (Å²) in [5, 5.41) is 23.9. The Morgan fingerprint density at radius 3 is 2.93 bits per heavy atom. The van der Waals surface area contributed by atoms with Crippen molar-refractivity contribution in [3.8, 4) is 6.07 Å². The highest BCUT2D eigenvalue weighted by Gasteiger charge is 2.33. The van der Waals surface area contributed by atoms with Gasteiger partial charge in [0.2, 0.25) is 0 Å². The van der Waals surface area contributed by atoms with Crippen molar-refractivity contribution in [2.24, 2.45) is 5.92 Å². The topological polar surface area (TPSA) is 97.8 Å². The molecule has 2 radical (unpaired) electrons. The van der Waals surface area contributed by atoms with E-state index in [1.807, 2.05) is 29.0 Å². The van der Waals surface area contributed by atoms with Gasteiger partial charge in [-0.1, -0.05) is 0 Å². The number of piperidine rings is 1. The maximum atomic E-state index is 12.0. The summed E-state index contributed by atoms with van der Waals surface area (Å²) >= 11 is 2.26. The summed E-state index contributed by atoms with van der Waals surface area (Å²) in [5.41, 5.74) is 2.50. The Labute approximate surface area is 165 Å². The zero-order valence-electron chi connectivity index (χ0n) is 15.2. The number of aliphatic hydroxyl groups is 1. The minimum atomic E-state index is -0.656. The molecule has 2 aromatic rings. The molecular formula is C18H21AlN6O2. The minimum absolute atomic E-state index is 0.00446.